The number of carbonyl (C=O) groups excluding carboxylic acids is 2. The van der Waals surface area contributed by atoms with Crippen molar-refractivity contribution in [2.45, 2.75) is 38.1 Å². The van der Waals surface area contributed by atoms with E-state index in [9.17, 15) is 9.59 Å². The van der Waals surface area contributed by atoms with Crippen LogP contribution in [0.2, 0.25) is 0 Å². The Labute approximate surface area is 172 Å². The van der Waals surface area contributed by atoms with Crippen LogP contribution in [-0.2, 0) is 4.79 Å². The molecular formula is C24H29N3O2. The third-order valence-electron chi connectivity index (χ3n) is 6.19. The van der Waals surface area contributed by atoms with Gasteiger partial charge in [-0.3, -0.25) is 9.59 Å². The highest BCUT2D eigenvalue weighted by molar-refractivity contribution is 6.00. The van der Waals surface area contributed by atoms with Crippen LogP contribution in [0.15, 0.2) is 54.6 Å². The minimum Gasteiger partial charge on any atom is -0.344 e. The number of piperidine rings is 2. The summed E-state index contributed by atoms with van der Waals surface area (Å²) in [5.74, 6) is 0.364. The minimum atomic E-state index is 0.0757. The van der Waals surface area contributed by atoms with Crippen LogP contribution in [0.25, 0.3) is 0 Å². The van der Waals surface area contributed by atoms with Gasteiger partial charge < -0.3 is 14.7 Å². The summed E-state index contributed by atoms with van der Waals surface area (Å²) in [7, 11) is 2.00. The Bertz CT molecular complexity index is 859. The van der Waals surface area contributed by atoms with Crippen molar-refractivity contribution in [1.29, 1.82) is 0 Å². The molecule has 152 valence electrons. The van der Waals surface area contributed by atoms with Crippen molar-refractivity contribution in [3.63, 3.8) is 0 Å². The summed E-state index contributed by atoms with van der Waals surface area (Å²) in [6.07, 6.45) is 4.53. The van der Waals surface area contributed by atoms with E-state index in [-0.39, 0.29) is 17.9 Å². The summed E-state index contributed by atoms with van der Waals surface area (Å²) in [4.78, 5) is 31.6. The molecule has 5 heteroatoms. The molecule has 29 heavy (non-hydrogen) atoms. The maximum absolute atomic E-state index is 13.3. The molecule has 5 nitrogen and oxygen atoms in total. The fraction of sp³-hybridized carbons (Fsp3) is 0.417. The molecule has 2 aliphatic rings. The molecule has 0 aromatic heterocycles. The molecule has 0 bridgehead atoms. The van der Waals surface area contributed by atoms with E-state index in [1.807, 2.05) is 66.5 Å². The Morgan fingerprint density at radius 1 is 0.931 bits per heavy atom. The second-order valence-electron chi connectivity index (χ2n) is 7.98. The second-order valence-corrected chi connectivity index (χ2v) is 7.98. The van der Waals surface area contributed by atoms with Crippen molar-refractivity contribution in [2.75, 3.05) is 31.6 Å². The summed E-state index contributed by atoms with van der Waals surface area (Å²) < 4.78 is 0. The summed E-state index contributed by atoms with van der Waals surface area (Å²) in [5.41, 5.74) is 2.69. The topological polar surface area (TPSA) is 43.9 Å². The molecule has 0 spiro atoms. The predicted octanol–water partition coefficient (Wildman–Crippen LogP) is 4.07. The predicted molar refractivity (Wildman–Crippen MR) is 115 cm³/mol. The highest BCUT2D eigenvalue weighted by Crippen LogP contribution is 2.29. The van der Waals surface area contributed by atoms with Crippen molar-refractivity contribution in [2.24, 2.45) is 0 Å². The number of para-hydroxylation sites is 2. The van der Waals surface area contributed by atoms with Crippen LogP contribution in [0.4, 0.5) is 11.4 Å². The van der Waals surface area contributed by atoms with Crippen LogP contribution < -0.4 is 4.90 Å². The summed E-state index contributed by atoms with van der Waals surface area (Å²) in [6, 6.07) is 18.2. The van der Waals surface area contributed by atoms with Gasteiger partial charge in [-0.15, -0.1) is 0 Å². The van der Waals surface area contributed by atoms with Gasteiger partial charge in [0.1, 0.15) is 0 Å². The highest BCUT2D eigenvalue weighted by atomic mass is 16.2. The zero-order valence-electron chi connectivity index (χ0n) is 17.1. The van der Waals surface area contributed by atoms with Crippen LogP contribution in [0.1, 0.15) is 42.5 Å². The molecule has 2 fully saturated rings. The van der Waals surface area contributed by atoms with Gasteiger partial charge in [-0.1, -0.05) is 30.3 Å². The van der Waals surface area contributed by atoms with Crippen LogP contribution in [-0.4, -0.2) is 54.3 Å². The molecular weight excluding hydrogens is 362 g/mol. The number of likely N-dealkylation sites (tertiary alicyclic amines) is 2. The minimum absolute atomic E-state index is 0.0757. The standard InChI is InChI=1S/C24H29N3O2/c1-25(19-9-3-2-4-10-19)22-12-6-5-11-21(22)24(29)26-17-14-20(15-18-26)27-16-8-7-13-23(27)28/h2-6,9-12,20H,7-8,13-18H2,1H3. The second kappa shape index (κ2) is 8.68. The van der Waals surface area contributed by atoms with E-state index in [0.29, 0.717) is 19.5 Å². The molecule has 0 unspecified atom stereocenters. The first-order chi connectivity index (χ1) is 14.1. The lowest BCUT2D eigenvalue weighted by Gasteiger charge is -2.40. The zero-order valence-corrected chi connectivity index (χ0v) is 17.1. The number of amides is 2. The van der Waals surface area contributed by atoms with E-state index in [2.05, 4.69) is 9.80 Å². The zero-order chi connectivity index (χ0) is 20.2. The fourth-order valence-electron chi connectivity index (χ4n) is 4.50. The van der Waals surface area contributed by atoms with Crippen molar-refractivity contribution in [3.8, 4) is 0 Å². The molecule has 2 aliphatic heterocycles. The number of benzene rings is 2. The lowest BCUT2D eigenvalue weighted by Crippen LogP contribution is -2.50. The Morgan fingerprint density at radius 2 is 1.62 bits per heavy atom. The Kier molecular flexibility index (Phi) is 5.84. The molecule has 2 aromatic carbocycles. The molecule has 2 saturated heterocycles. The van der Waals surface area contributed by atoms with Crippen molar-refractivity contribution in [3.05, 3.63) is 60.2 Å². The number of anilines is 2. The number of hydrogen-bond donors (Lipinski definition) is 0. The van der Waals surface area contributed by atoms with Crippen LogP contribution in [0.3, 0.4) is 0 Å². The third-order valence-corrected chi connectivity index (χ3v) is 6.19. The lowest BCUT2D eigenvalue weighted by molar-refractivity contribution is -0.136. The first kappa shape index (κ1) is 19.5. The van der Waals surface area contributed by atoms with E-state index in [0.717, 1.165) is 49.2 Å². The monoisotopic (exact) mass is 391 g/mol. The van der Waals surface area contributed by atoms with E-state index >= 15 is 0 Å². The van der Waals surface area contributed by atoms with Gasteiger partial charge in [-0.25, -0.2) is 0 Å². The summed E-state index contributed by atoms with van der Waals surface area (Å²) in [5, 5.41) is 0. The summed E-state index contributed by atoms with van der Waals surface area (Å²) in [6.45, 7) is 2.29. The van der Waals surface area contributed by atoms with Gasteiger partial charge in [-0.05, 0) is 49.9 Å². The largest absolute Gasteiger partial charge is 0.344 e. The smallest absolute Gasteiger partial charge is 0.255 e. The normalized spacial score (nSPS) is 18.0. The van der Waals surface area contributed by atoms with Gasteiger partial charge in [0.2, 0.25) is 5.91 Å². The van der Waals surface area contributed by atoms with Crippen LogP contribution >= 0.6 is 0 Å². The van der Waals surface area contributed by atoms with Gasteiger partial charge in [0, 0.05) is 44.8 Å². The highest BCUT2D eigenvalue weighted by Gasteiger charge is 2.31. The molecule has 0 aliphatic carbocycles. The van der Waals surface area contributed by atoms with E-state index < -0.39 is 0 Å². The van der Waals surface area contributed by atoms with Gasteiger partial charge in [-0.2, -0.15) is 0 Å². The third kappa shape index (κ3) is 4.14. The quantitative estimate of drug-likeness (QED) is 0.789. The number of carbonyl (C=O) groups is 2. The average molecular weight is 392 g/mol. The number of rotatable bonds is 4. The van der Waals surface area contributed by atoms with E-state index in [1.54, 1.807) is 0 Å². The van der Waals surface area contributed by atoms with Gasteiger partial charge in [0.05, 0.1) is 11.3 Å². The fourth-order valence-corrected chi connectivity index (χ4v) is 4.50. The first-order valence-electron chi connectivity index (χ1n) is 10.6. The summed E-state index contributed by atoms with van der Waals surface area (Å²) >= 11 is 0. The Morgan fingerprint density at radius 3 is 2.34 bits per heavy atom. The Balaban J connectivity index is 1.46. The van der Waals surface area contributed by atoms with E-state index in [4.69, 9.17) is 0 Å². The van der Waals surface area contributed by atoms with Gasteiger partial charge in [0.15, 0.2) is 0 Å². The number of hydrogen-bond acceptors (Lipinski definition) is 3. The van der Waals surface area contributed by atoms with Crippen molar-refractivity contribution < 1.29 is 9.59 Å². The molecule has 0 radical (unpaired) electrons. The molecule has 2 aromatic rings. The SMILES string of the molecule is CN(c1ccccc1)c1ccccc1C(=O)N1CCC(N2CCCCC2=O)CC1. The number of nitrogens with zero attached hydrogens (tertiary/aromatic N) is 3. The van der Waals surface area contributed by atoms with Gasteiger partial charge >= 0.3 is 0 Å². The molecule has 2 heterocycles. The van der Waals surface area contributed by atoms with Crippen molar-refractivity contribution in [1.82, 2.24) is 9.80 Å². The first-order valence-corrected chi connectivity index (χ1v) is 10.6. The molecule has 0 saturated carbocycles. The maximum atomic E-state index is 13.3. The lowest BCUT2D eigenvalue weighted by atomic mass is 9.98. The molecule has 0 N–H and O–H groups in total. The molecule has 2 amide bonds. The average Bonchev–Trinajstić information content (AvgIpc) is 2.79. The maximum Gasteiger partial charge on any atom is 0.255 e. The molecule has 0 atom stereocenters. The van der Waals surface area contributed by atoms with Crippen molar-refractivity contribution >= 4 is 23.2 Å². The van der Waals surface area contributed by atoms with Crippen LogP contribution in [0, 0.1) is 0 Å². The van der Waals surface area contributed by atoms with E-state index in [1.165, 1.54) is 0 Å². The Hall–Kier alpha value is -2.82. The van der Waals surface area contributed by atoms with Crippen LogP contribution in [0.5, 0.6) is 0 Å². The van der Waals surface area contributed by atoms with Gasteiger partial charge in [0.25, 0.3) is 5.91 Å². The molecule has 4 rings (SSSR count).